The van der Waals surface area contributed by atoms with Gasteiger partial charge in [-0.1, -0.05) is 42.5 Å². The van der Waals surface area contributed by atoms with Crippen LogP contribution in [0.15, 0.2) is 54.6 Å². The zero-order valence-electron chi connectivity index (χ0n) is 15.0. The van der Waals surface area contributed by atoms with Crippen molar-refractivity contribution in [2.45, 2.75) is 32.4 Å². The predicted octanol–water partition coefficient (Wildman–Crippen LogP) is 3.76. The summed E-state index contributed by atoms with van der Waals surface area (Å²) >= 11 is 0. The van der Waals surface area contributed by atoms with Crippen molar-refractivity contribution in [3.63, 3.8) is 0 Å². The van der Waals surface area contributed by atoms with Gasteiger partial charge in [0.25, 0.3) is 0 Å². The molecule has 2 aliphatic rings. The molecule has 2 aliphatic heterocycles. The van der Waals surface area contributed by atoms with Crippen LogP contribution >= 0.6 is 0 Å². The normalized spacial score (nSPS) is 24.8. The van der Waals surface area contributed by atoms with Gasteiger partial charge in [0.1, 0.15) is 0 Å². The fraction of sp³-hybridized carbons (Fsp3) is 0.455. The number of anilines is 1. The number of hydrogen-bond acceptors (Lipinski definition) is 3. The Bertz CT molecular complexity index is 699. The summed E-state index contributed by atoms with van der Waals surface area (Å²) in [4.78, 5) is 5.30. The third-order valence-corrected chi connectivity index (χ3v) is 5.86. The van der Waals surface area contributed by atoms with Gasteiger partial charge < -0.3 is 5.73 Å². The van der Waals surface area contributed by atoms with E-state index in [4.69, 9.17) is 5.73 Å². The number of nitrogens with two attached hydrogens (primary N) is 1. The van der Waals surface area contributed by atoms with Crippen LogP contribution in [0.1, 0.15) is 30.4 Å². The van der Waals surface area contributed by atoms with Crippen LogP contribution in [-0.2, 0) is 13.1 Å². The highest BCUT2D eigenvalue weighted by Crippen LogP contribution is 2.39. The van der Waals surface area contributed by atoms with Gasteiger partial charge in [0.05, 0.1) is 0 Å². The van der Waals surface area contributed by atoms with E-state index in [1.807, 2.05) is 6.07 Å². The van der Waals surface area contributed by atoms with Crippen LogP contribution in [0.25, 0.3) is 0 Å². The molecule has 132 valence electrons. The zero-order valence-corrected chi connectivity index (χ0v) is 15.0. The van der Waals surface area contributed by atoms with E-state index in [2.05, 4.69) is 58.3 Å². The molecule has 0 aliphatic carbocycles. The Balaban J connectivity index is 1.37. The molecule has 25 heavy (non-hydrogen) atoms. The number of nitrogen functional groups attached to an aromatic ring is 1. The Kier molecular flexibility index (Phi) is 4.78. The van der Waals surface area contributed by atoms with E-state index in [-0.39, 0.29) is 0 Å². The van der Waals surface area contributed by atoms with Gasteiger partial charge in [0.2, 0.25) is 0 Å². The van der Waals surface area contributed by atoms with Crippen LogP contribution in [-0.4, -0.2) is 36.0 Å². The summed E-state index contributed by atoms with van der Waals surface area (Å²) in [5.41, 5.74) is 10.1. The molecule has 2 saturated heterocycles. The number of nitrogens with zero attached hydrogens (tertiary/aromatic N) is 2. The Morgan fingerprint density at radius 3 is 2.32 bits per heavy atom. The van der Waals surface area contributed by atoms with E-state index in [1.54, 1.807) is 0 Å². The van der Waals surface area contributed by atoms with E-state index in [0.717, 1.165) is 18.8 Å². The fourth-order valence-electron chi connectivity index (χ4n) is 4.73. The lowest BCUT2D eigenvalue weighted by Crippen LogP contribution is -2.44. The minimum atomic E-state index is 0.493. The number of piperidine rings is 1. The lowest BCUT2D eigenvalue weighted by atomic mass is 9.79. The highest BCUT2D eigenvalue weighted by molar-refractivity contribution is 5.40. The maximum Gasteiger partial charge on any atom is 0.0317 e. The van der Waals surface area contributed by atoms with Crippen molar-refractivity contribution in [3.8, 4) is 0 Å². The van der Waals surface area contributed by atoms with E-state index < -0.39 is 0 Å². The Hall–Kier alpha value is -1.84. The van der Waals surface area contributed by atoms with E-state index in [1.165, 1.54) is 56.6 Å². The zero-order chi connectivity index (χ0) is 17.1. The number of likely N-dealkylation sites (tertiary alicyclic amines) is 2. The van der Waals surface area contributed by atoms with Crippen molar-refractivity contribution in [1.29, 1.82) is 0 Å². The maximum atomic E-state index is 5.94. The molecule has 2 aromatic carbocycles. The van der Waals surface area contributed by atoms with Crippen LogP contribution in [0.5, 0.6) is 0 Å². The molecule has 0 bridgehead atoms. The largest absolute Gasteiger partial charge is 0.399 e. The summed E-state index contributed by atoms with van der Waals surface area (Å²) in [6.07, 6.45) is 4.05. The van der Waals surface area contributed by atoms with Crippen molar-refractivity contribution in [2.24, 2.45) is 5.41 Å². The van der Waals surface area contributed by atoms with Gasteiger partial charge in [-0.3, -0.25) is 9.80 Å². The first-order valence-corrected chi connectivity index (χ1v) is 9.54. The van der Waals surface area contributed by atoms with Gasteiger partial charge in [0.15, 0.2) is 0 Å². The molecule has 3 nitrogen and oxygen atoms in total. The lowest BCUT2D eigenvalue weighted by molar-refractivity contribution is 0.0866. The van der Waals surface area contributed by atoms with Crippen LogP contribution in [0.2, 0.25) is 0 Å². The Labute approximate surface area is 151 Å². The van der Waals surface area contributed by atoms with Crippen molar-refractivity contribution >= 4 is 5.69 Å². The summed E-state index contributed by atoms with van der Waals surface area (Å²) in [6.45, 7) is 7.06. The quantitative estimate of drug-likeness (QED) is 0.864. The fourth-order valence-corrected chi connectivity index (χ4v) is 4.73. The highest BCUT2D eigenvalue weighted by Gasteiger charge is 2.41. The molecule has 2 fully saturated rings. The monoisotopic (exact) mass is 335 g/mol. The number of hydrogen-bond donors (Lipinski definition) is 1. The molecular weight excluding hydrogens is 306 g/mol. The minimum Gasteiger partial charge on any atom is -0.399 e. The Morgan fingerprint density at radius 2 is 1.52 bits per heavy atom. The Morgan fingerprint density at radius 1 is 0.800 bits per heavy atom. The summed E-state index contributed by atoms with van der Waals surface area (Å²) in [6, 6.07) is 19.3. The second-order valence-electron chi connectivity index (χ2n) is 8.01. The number of rotatable bonds is 4. The van der Waals surface area contributed by atoms with Crippen LogP contribution in [0.3, 0.4) is 0 Å². The average Bonchev–Trinajstić information content (AvgIpc) is 2.97. The predicted molar refractivity (Wildman–Crippen MR) is 104 cm³/mol. The topological polar surface area (TPSA) is 32.5 Å². The molecule has 0 radical (unpaired) electrons. The van der Waals surface area contributed by atoms with E-state index in [0.29, 0.717) is 5.41 Å². The van der Waals surface area contributed by atoms with Crippen LogP contribution in [0, 0.1) is 5.41 Å². The first-order valence-electron chi connectivity index (χ1n) is 9.54. The minimum absolute atomic E-state index is 0.493. The van der Waals surface area contributed by atoms with Crippen molar-refractivity contribution in [2.75, 3.05) is 31.9 Å². The highest BCUT2D eigenvalue weighted by atomic mass is 15.2. The molecule has 1 spiro atoms. The lowest BCUT2D eigenvalue weighted by Gasteiger charge is -2.40. The van der Waals surface area contributed by atoms with Gasteiger partial charge in [0, 0.05) is 31.9 Å². The van der Waals surface area contributed by atoms with Gasteiger partial charge in [-0.2, -0.15) is 0 Å². The van der Waals surface area contributed by atoms with Gasteiger partial charge in [-0.25, -0.2) is 0 Å². The van der Waals surface area contributed by atoms with Crippen LogP contribution < -0.4 is 5.73 Å². The maximum absolute atomic E-state index is 5.94. The summed E-state index contributed by atoms with van der Waals surface area (Å²) in [5, 5.41) is 0. The van der Waals surface area contributed by atoms with Gasteiger partial charge >= 0.3 is 0 Å². The SMILES string of the molecule is Nc1cccc(CN2CCC3(CCCN(Cc4ccccc4)C3)C2)c1. The molecule has 0 amide bonds. The first-order chi connectivity index (χ1) is 12.2. The molecule has 0 aromatic heterocycles. The molecular formula is C22H29N3. The summed E-state index contributed by atoms with van der Waals surface area (Å²) < 4.78 is 0. The van der Waals surface area contributed by atoms with Gasteiger partial charge in [-0.05, 0) is 61.0 Å². The second-order valence-corrected chi connectivity index (χ2v) is 8.01. The summed E-state index contributed by atoms with van der Waals surface area (Å²) in [5.74, 6) is 0. The average molecular weight is 335 g/mol. The van der Waals surface area contributed by atoms with Crippen LogP contribution in [0.4, 0.5) is 5.69 Å². The number of benzene rings is 2. The second kappa shape index (κ2) is 7.19. The third-order valence-electron chi connectivity index (χ3n) is 5.86. The smallest absolute Gasteiger partial charge is 0.0317 e. The molecule has 2 N–H and O–H groups in total. The molecule has 1 unspecified atom stereocenters. The third kappa shape index (κ3) is 4.05. The standard InChI is InChI=1S/C22H29N3/c23-21-9-4-8-20(14-21)16-25-13-11-22(18-25)10-5-12-24(17-22)15-19-6-2-1-3-7-19/h1-4,6-9,14H,5,10-13,15-18,23H2. The molecule has 2 heterocycles. The summed E-state index contributed by atoms with van der Waals surface area (Å²) in [7, 11) is 0. The van der Waals surface area contributed by atoms with Gasteiger partial charge in [-0.15, -0.1) is 0 Å². The van der Waals surface area contributed by atoms with Crippen molar-refractivity contribution in [1.82, 2.24) is 9.80 Å². The van der Waals surface area contributed by atoms with E-state index >= 15 is 0 Å². The first kappa shape index (κ1) is 16.6. The molecule has 1 atom stereocenters. The molecule has 4 rings (SSSR count). The molecule has 0 saturated carbocycles. The molecule has 3 heteroatoms. The van der Waals surface area contributed by atoms with Crippen molar-refractivity contribution < 1.29 is 0 Å². The molecule has 2 aromatic rings. The van der Waals surface area contributed by atoms with Crippen molar-refractivity contribution in [3.05, 3.63) is 65.7 Å². The van der Waals surface area contributed by atoms with E-state index in [9.17, 15) is 0 Å².